The van der Waals surface area contributed by atoms with E-state index in [1.165, 1.54) is 29.5 Å². The molecular formula is C15H24N4O2S3. The fraction of sp³-hybridized carbons (Fsp3) is 0.733. The van der Waals surface area contributed by atoms with Crippen LogP contribution in [-0.2, 0) is 4.79 Å². The molecule has 1 aromatic heterocycles. The molecule has 2 rings (SSSR count). The van der Waals surface area contributed by atoms with Crippen molar-refractivity contribution in [2.45, 2.75) is 54.8 Å². The molecule has 0 bridgehead atoms. The molecule has 0 aliphatic heterocycles. The van der Waals surface area contributed by atoms with Crippen LogP contribution in [0.15, 0.2) is 8.68 Å². The van der Waals surface area contributed by atoms with E-state index in [-0.39, 0.29) is 17.7 Å². The van der Waals surface area contributed by atoms with Crippen LogP contribution in [0.2, 0.25) is 0 Å². The number of thioether (sulfide) groups is 2. The van der Waals surface area contributed by atoms with E-state index in [1.54, 1.807) is 11.8 Å². The molecule has 3 atom stereocenters. The number of nitrogens with one attached hydrogen (secondary N) is 2. The maximum Gasteiger partial charge on any atom is 0.321 e. The molecule has 1 aromatic rings. The van der Waals surface area contributed by atoms with Gasteiger partial charge in [-0.2, -0.15) is 0 Å². The Bertz CT molecular complexity index is 567. The Hall–Kier alpha value is -0.800. The number of aromatic nitrogens is 2. The molecule has 9 heteroatoms. The van der Waals surface area contributed by atoms with Gasteiger partial charge in [-0.3, -0.25) is 10.1 Å². The van der Waals surface area contributed by atoms with Crippen molar-refractivity contribution in [3.8, 4) is 0 Å². The molecule has 1 fully saturated rings. The van der Waals surface area contributed by atoms with Crippen LogP contribution in [0.3, 0.4) is 0 Å². The second-order valence-electron chi connectivity index (χ2n) is 5.95. The second kappa shape index (κ2) is 9.62. The van der Waals surface area contributed by atoms with Crippen molar-refractivity contribution in [2.24, 2.45) is 11.8 Å². The zero-order valence-corrected chi connectivity index (χ0v) is 16.7. The van der Waals surface area contributed by atoms with Crippen molar-refractivity contribution >= 4 is 46.8 Å². The van der Waals surface area contributed by atoms with E-state index in [4.69, 9.17) is 0 Å². The number of carbonyl (C=O) groups is 2. The molecule has 1 saturated carbocycles. The fourth-order valence-corrected chi connectivity index (χ4v) is 5.43. The Morgan fingerprint density at radius 2 is 1.92 bits per heavy atom. The molecule has 1 aliphatic rings. The number of amides is 3. The first-order valence-electron chi connectivity index (χ1n) is 8.19. The average Bonchev–Trinajstić information content (AvgIpc) is 2.98. The Balaban J connectivity index is 1.72. The summed E-state index contributed by atoms with van der Waals surface area (Å²) in [6.07, 6.45) is 3.30. The van der Waals surface area contributed by atoms with E-state index < -0.39 is 6.03 Å². The van der Waals surface area contributed by atoms with Gasteiger partial charge in [0, 0.05) is 6.04 Å². The van der Waals surface area contributed by atoms with Crippen LogP contribution in [0.25, 0.3) is 0 Å². The van der Waals surface area contributed by atoms with Gasteiger partial charge in [-0.05, 0) is 24.0 Å². The van der Waals surface area contributed by atoms with Gasteiger partial charge < -0.3 is 5.32 Å². The van der Waals surface area contributed by atoms with Crippen molar-refractivity contribution in [3.63, 3.8) is 0 Å². The number of rotatable bonds is 6. The van der Waals surface area contributed by atoms with E-state index in [1.807, 2.05) is 0 Å². The van der Waals surface area contributed by atoms with Crippen molar-refractivity contribution in [3.05, 3.63) is 0 Å². The van der Waals surface area contributed by atoms with Gasteiger partial charge in [0.25, 0.3) is 0 Å². The zero-order chi connectivity index (χ0) is 17.5. The van der Waals surface area contributed by atoms with E-state index in [9.17, 15) is 9.59 Å². The Kier molecular flexibility index (Phi) is 7.83. The lowest BCUT2D eigenvalue weighted by Gasteiger charge is -2.34. The molecule has 0 spiro atoms. The highest BCUT2D eigenvalue weighted by molar-refractivity contribution is 8.03. The summed E-state index contributed by atoms with van der Waals surface area (Å²) < 4.78 is 1.65. The van der Waals surface area contributed by atoms with Gasteiger partial charge >= 0.3 is 6.03 Å². The number of carbonyl (C=O) groups excluding carboxylic acids is 2. The number of hydrogen-bond acceptors (Lipinski definition) is 7. The van der Waals surface area contributed by atoms with Crippen molar-refractivity contribution < 1.29 is 9.59 Å². The molecule has 2 N–H and O–H groups in total. The third kappa shape index (κ3) is 5.93. The normalized spacial score (nSPS) is 23.7. The summed E-state index contributed by atoms with van der Waals surface area (Å²) in [5.41, 5.74) is 0. The summed E-state index contributed by atoms with van der Waals surface area (Å²) in [4.78, 5) is 23.9. The van der Waals surface area contributed by atoms with Gasteiger partial charge in [0.1, 0.15) is 0 Å². The summed E-state index contributed by atoms with van der Waals surface area (Å²) in [6, 6.07) is -0.253. The predicted molar refractivity (Wildman–Crippen MR) is 99.7 cm³/mol. The number of nitrogens with zero attached hydrogens (tertiary/aromatic N) is 2. The largest absolute Gasteiger partial charge is 0.335 e. The maximum atomic E-state index is 12.0. The third-order valence-electron chi connectivity index (χ3n) is 4.26. The highest BCUT2D eigenvalue weighted by atomic mass is 32.2. The maximum absolute atomic E-state index is 12.0. The molecular weight excluding hydrogens is 364 g/mol. The van der Waals surface area contributed by atoms with Gasteiger partial charge in [-0.1, -0.05) is 68.5 Å². The average molecular weight is 389 g/mol. The number of imide groups is 1. The molecule has 0 radical (unpaired) electrons. The lowest BCUT2D eigenvalue weighted by atomic mass is 9.78. The van der Waals surface area contributed by atoms with Crippen molar-refractivity contribution in [2.75, 3.05) is 11.5 Å². The number of urea groups is 1. The highest BCUT2D eigenvalue weighted by Crippen LogP contribution is 2.30. The quantitative estimate of drug-likeness (QED) is 0.727. The van der Waals surface area contributed by atoms with Gasteiger partial charge in [-0.15, -0.1) is 10.2 Å². The summed E-state index contributed by atoms with van der Waals surface area (Å²) >= 11 is 4.40. The summed E-state index contributed by atoms with van der Waals surface area (Å²) in [5.74, 6) is 1.83. The minimum Gasteiger partial charge on any atom is -0.335 e. The van der Waals surface area contributed by atoms with Crippen LogP contribution in [0, 0.1) is 11.8 Å². The molecule has 0 aromatic carbocycles. The van der Waals surface area contributed by atoms with Crippen molar-refractivity contribution in [1.82, 2.24) is 20.8 Å². The highest BCUT2D eigenvalue weighted by Gasteiger charge is 2.28. The smallest absolute Gasteiger partial charge is 0.321 e. The first-order valence-corrected chi connectivity index (χ1v) is 11.0. The number of hydrogen-bond donors (Lipinski definition) is 2. The first kappa shape index (κ1) is 19.5. The van der Waals surface area contributed by atoms with Crippen LogP contribution in [-0.4, -0.2) is 39.7 Å². The second-order valence-corrected chi connectivity index (χ2v) is 9.66. The van der Waals surface area contributed by atoms with E-state index >= 15 is 0 Å². The van der Waals surface area contributed by atoms with E-state index in [0.717, 1.165) is 27.3 Å². The summed E-state index contributed by atoms with van der Waals surface area (Å²) in [7, 11) is 0. The summed E-state index contributed by atoms with van der Waals surface area (Å²) in [5, 5.41) is 13.4. The molecule has 24 heavy (non-hydrogen) atoms. The molecule has 0 unspecified atom stereocenters. The van der Waals surface area contributed by atoms with Crippen molar-refractivity contribution in [1.29, 1.82) is 0 Å². The predicted octanol–water partition coefficient (Wildman–Crippen LogP) is 3.39. The van der Waals surface area contributed by atoms with Crippen LogP contribution in [0.5, 0.6) is 0 Å². The van der Waals surface area contributed by atoms with Gasteiger partial charge in [0.2, 0.25) is 5.91 Å². The molecule has 1 aliphatic carbocycles. The SMILES string of the molecule is CCSc1nnc(SCC(=O)NC(=O)N[C@@H]2CCC[C@@H](C)[C@@H]2C)s1. The van der Waals surface area contributed by atoms with Gasteiger partial charge in [0.05, 0.1) is 5.75 Å². The molecule has 0 saturated heterocycles. The third-order valence-corrected chi connectivity index (χ3v) is 7.33. The van der Waals surface area contributed by atoms with Crippen LogP contribution >= 0.6 is 34.9 Å². The first-order chi connectivity index (χ1) is 11.5. The Morgan fingerprint density at radius 1 is 1.21 bits per heavy atom. The lowest BCUT2D eigenvalue weighted by Crippen LogP contribution is -2.49. The topological polar surface area (TPSA) is 84.0 Å². The van der Waals surface area contributed by atoms with E-state index in [2.05, 4.69) is 41.6 Å². The molecule has 3 amide bonds. The lowest BCUT2D eigenvalue weighted by molar-refractivity contribution is -0.117. The fourth-order valence-electron chi connectivity index (χ4n) is 2.72. The van der Waals surface area contributed by atoms with Crippen LogP contribution in [0.4, 0.5) is 4.79 Å². The molecule has 134 valence electrons. The molecule has 6 nitrogen and oxygen atoms in total. The minimum atomic E-state index is -0.397. The zero-order valence-electron chi connectivity index (χ0n) is 14.2. The van der Waals surface area contributed by atoms with Crippen LogP contribution < -0.4 is 10.6 Å². The van der Waals surface area contributed by atoms with Gasteiger partial charge in [0.15, 0.2) is 8.68 Å². The van der Waals surface area contributed by atoms with E-state index in [0.29, 0.717) is 11.8 Å². The molecule has 1 heterocycles. The summed E-state index contributed by atoms with van der Waals surface area (Å²) in [6.45, 7) is 6.43. The minimum absolute atomic E-state index is 0.144. The Labute approximate surface area is 155 Å². The van der Waals surface area contributed by atoms with Gasteiger partial charge in [-0.25, -0.2) is 4.79 Å². The monoisotopic (exact) mass is 388 g/mol. The standard InChI is InChI=1S/C15H24N4O2S3/c1-4-22-14-18-19-15(24-14)23-8-12(20)17-13(21)16-11-7-5-6-9(2)10(11)3/h9-11H,4-8H2,1-3H3,(H2,16,17,20,21)/t9-,10+,11-/m1/s1. The van der Waals surface area contributed by atoms with Crippen LogP contribution in [0.1, 0.15) is 40.0 Å². The Morgan fingerprint density at radius 3 is 2.62 bits per heavy atom.